The summed E-state index contributed by atoms with van der Waals surface area (Å²) in [6.07, 6.45) is 2.07. The van der Waals surface area contributed by atoms with Crippen molar-refractivity contribution in [3.63, 3.8) is 0 Å². The van der Waals surface area contributed by atoms with E-state index in [2.05, 4.69) is 26.0 Å². The van der Waals surface area contributed by atoms with E-state index in [4.69, 9.17) is 59.1 Å². The van der Waals surface area contributed by atoms with Gasteiger partial charge in [0.15, 0.2) is 0 Å². The average Bonchev–Trinajstić information content (AvgIpc) is 3.33. The molecule has 1 aromatic rings. The summed E-state index contributed by atoms with van der Waals surface area (Å²) in [7, 11) is 0. The van der Waals surface area contributed by atoms with Gasteiger partial charge >= 0.3 is 23.9 Å². The summed E-state index contributed by atoms with van der Waals surface area (Å²) in [6.45, 7) is 0.110. The van der Waals surface area contributed by atoms with E-state index in [0.717, 1.165) is 6.42 Å². The maximum absolute atomic E-state index is 13.3. The Labute approximate surface area is 416 Å². The van der Waals surface area contributed by atoms with Crippen LogP contribution in [0.4, 0.5) is 0 Å². The molecular weight excluding hydrogens is 957 g/mol. The maximum atomic E-state index is 13.3. The van der Waals surface area contributed by atoms with Crippen LogP contribution in [0.15, 0.2) is 23.3 Å². The number of nitrogens with one attached hydrogen (secondary N) is 3. The van der Waals surface area contributed by atoms with Crippen molar-refractivity contribution in [2.24, 2.45) is 11.0 Å². The topological polar surface area (TPSA) is 384 Å². The smallest absolute Gasteiger partial charge is 0.305 e. The Morgan fingerprint density at radius 1 is 0.514 bits per heavy atom. The lowest BCUT2D eigenvalue weighted by molar-refractivity contribution is -0.139. The Kier molecular flexibility index (Phi) is 36.6. The molecule has 72 heavy (non-hydrogen) atoms. The lowest BCUT2D eigenvalue weighted by atomic mass is 10.0. The highest BCUT2D eigenvalue weighted by Crippen LogP contribution is 2.19. The fourth-order valence-electron chi connectivity index (χ4n) is 6.10. The number of hydrogen-bond donors (Lipinski definition) is 7. The van der Waals surface area contributed by atoms with E-state index in [9.17, 15) is 43.2 Å². The molecule has 1 aromatic carbocycles. The van der Waals surface area contributed by atoms with Crippen LogP contribution < -0.4 is 20.7 Å². The largest absolute Gasteiger partial charge is 0.494 e. The number of hydrogen-bond acceptors (Lipinski definition) is 17. The van der Waals surface area contributed by atoms with Crippen molar-refractivity contribution in [2.45, 2.75) is 89.5 Å². The normalized spacial score (nSPS) is 10.9. The Bertz CT molecular complexity index is 1730. The minimum atomic E-state index is -1.06. The molecule has 26 nitrogen and oxygen atoms in total. The Morgan fingerprint density at radius 2 is 0.986 bits per heavy atom. The summed E-state index contributed by atoms with van der Waals surface area (Å²) in [4.78, 5) is 110. The number of Topliss-reactive ketones (excluding diaryl/α,β-unsaturated/α-hetero) is 2. The third kappa shape index (κ3) is 36.6. The summed E-state index contributed by atoms with van der Waals surface area (Å²) in [5.74, 6) is -6.21. The van der Waals surface area contributed by atoms with Gasteiger partial charge in [0, 0.05) is 73.7 Å². The highest BCUT2D eigenvalue weighted by molar-refractivity contribution is 6.00. The zero-order valence-electron chi connectivity index (χ0n) is 40.6. The molecule has 0 fully saturated rings. The quantitative estimate of drug-likeness (QED) is 0.0213. The number of ether oxygens (including phenoxy) is 7. The van der Waals surface area contributed by atoms with Crippen LogP contribution >= 0.6 is 0 Å². The van der Waals surface area contributed by atoms with Crippen LogP contribution in [0.5, 0.6) is 5.75 Å². The number of carboxylic acid groups (broad SMARTS) is 4. The third-order valence-corrected chi connectivity index (χ3v) is 9.71. The molecule has 7 N–H and O–H groups in total. The lowest BCUT2D eigenvalue weighted by Gasteiger charge is -2.19. The summed E-state index contributed by atoms with van der Waals surface area (Å²) in [6, 6.07) is 3.54. The fourth-order valence-corrected chi connectivity index (χ4v) is 6.10. The van der Waals surface area contributed by atoms with Crippen molar-refractivity contribution >= 4 is 53.2 Å². The molecule has 0 saturated heterocycles. The van der Waals surface area contributed by atoms with Crippen molar-refractivity contribution in [1.82, 2.24) is 16.0 Å². The fraction of sp³-hybridized carbons (Fsp3) is 0.674. The van der Waals surface area contributed by atoms with Gasteiger partial charge in [0.05, 0.1) is 118 Å². The van der Waals surface area contributed by atoms with Gasteiger partial charge in [-0.05, 0) is 43.0 Å². The minimum Gasteiger partial charge on any atom is -0.494 e. The van der Waals surface area contributed by atoms with Gasteiger partial charge in [-0.15, -0.1) is 0 Å². The first kappa shape index (κ1) is 63.7. The second-order valence-electron chi connectivity index (χ2n) is 16.0. The van der Waals surface area contributed by atoms with Crippen LogP contribution in [0.1, 0.15) is 104 Å². The molecule has 0 heterocycles. The standard InChI is InChI=1S/C46H70N6O20/c47-52-50-13-3-1-2-5-37(53)6-4-16-72-39-27-34(45(64)48-14-23-66-17-7-38(54)25-33(29-68-19-9-41(56)57)30-69-20-10-42(58)59)26-35(28-39)46(65)49-15-24-67-18-8-40(55)51-36(31-70-21-11-43(60)61)32-71-22-12-44(62)63/h26-28,33,36H,1-25,29-32H2,(H,48,64)(H,49,65)(H,51,55)(H,56,57)(H,58,59)(H,60,61)(H,62,63). The molecule has 0 radical (unpaired) electrons. The summed E-state index contributed by atoms with van der Waals surface area (Å²) >= 11 is 0. The molecule has 0 saturated carbocycles. The number of carbonyl (C=O) groups is 9. The minimum absolute atomic E-state index is 0.00260. The van der Waals surface area contributed by atoms with Crippen LogP contribution in [-0.2, 0) is 62.0 Å². The Morgan fingerprint density at radius 3 is 1.49 bits per heavy atom. The van der Waals surface area contributed by atoms with Crippen molar-refractivity contribution in [3.05, 3.63) is 39.8 Å². The Balaban J connectivity index is 2.77. The van der Waals surface area contributed by atoms with E-state index in [-0.39, 0.29) is 179 Å². The first-order valence-electron chi connectivity index (χ1n) is 23.6. The first-order chi connectivity index (χ1) is 34.6. The van der Waals surface area contributed by atoms with Gasteiger partial charge in [0.1, 0.15) is 17.3 Å². The van der Waals surface area contributed by atoms with E-state index in [1.807, 2.05) is 0 Å². The number of azide groups is 1. The first-order valence-corrected chi connectivity index (χ1v) is 23.6. The van der Waals surface area contributed by atoms with Gasteiger partial charge in [0.25, 0.3) is 11.8 Å². The van der Waals surface area contributed by atoms with E-state index >= 15 is 0 Å². The highest BCUT2D eigenvalue weighted by atomic mass is 16.5. The van der Waals surface area contributed by atoms with Crippen LogP contribution in [0.2, 0.25) is 0 Å². The molecule has 0 spiro atoms. The molecule has 3 amide bonds. The monoisotopic (exact) mass is 1030 g/mol. The second kappa shape index (κ2) is 41.3. The number of aliphatic carboxylic acids is 4. The van der Waals surface area contributed by atoms with Crippen molar-refractivity contribution in [3.8, 4) is 5.75 Å². The molecule has 0 bridgehead atoms. The van der Waals surface area contributed by atoms with Gasteiger partial charge in [-0.1, -0.05) is 11.5 Å². The van der Waals surface area contributed by atoms with Gasteiger partial charge in [-0.25, -0.2) is 0 Å². The zero-order valence-corrected chi connectivity index (χ0v) is 40.6. The number of amides is 3. The molecule has 0 aromatic heterocycles. The Hall–Kier alpha value is -6.28. The molecule has 1 rings (SSSR count). The maximum Gasteiger partial charge on any atom is 0.305 e. The third-order valence-electron chi connectivity index (χ3n) is 9.71. The molecule has 0 unspecified atom stereocenters. The van der Waals surface area contributed by atoms with Crippen LogP contribution in [0, 0.1) is 5.92 Å². The van der Waals surface area contributed by atoms with Gasteiger partial charge in [-0.3, -0.25) is 43.2 Å². The number of carboxylic acids is 4. The molecule has 0 aliphatic heterocycles. The van der Waals surface area contributed by atoms with Gasteiger partial charge in [0.2, 0.25) is 5.91 Å². The number of benzene rings is 1. The molecule has 0 aliphatic rings. The van der Waals surface area contributed by atoms with Crippen molar-refractivity contribution in [1.29, 1.82) is 0 Å². The highest BCUT2D eigenvalue weighted by Gasteiger charge is 2.18. The predicted molar refractivity (Wildman–Crippen MR) is 252 cm³/mol. The van der Waals surface area contributed by atoms with E-state index in [0.29, 0.717) is 32.2 Å². The average molecular weight is 1030 g/mol. The lowest BCUT2D eigenvalue weighted by Crippen LogP contribution is -2.42. The summed E-state index contributed by atoms with van der Waals surface area (Å²) in [5, 5.41) is 46.8. The van der Waals surface area contributed by atoms with Crippen LogP contribution in [-0.4, -0.2) is 185 Å². The van der Waals surface area contributed by atoms with Crippen LogP contribution in [0.3, 0.4) is 0 Å². The molecule has 404 valence electrons. The summed E-state index contributed by atoms with van der Waals surface area (Å²) in [5.41, 5.74) is 8.53. The number of ketones is 2. The number of nitrogens with zero attached hydrogens (tertiary/aromatic N) is 3. The molecular formula is C46H70N6O20. The summed E-state index contributed by atoms with van der Waals surface area (Å²) < 4.78 is 38.3. The van der Waals surface area contributed by atoms with E-state index < -0.39 is 53.6 Å². The second-order valence-corrected chi connectivity index (χ2v) is 16.0. The SMILES string of the molecule is [N-]=[N+]=NCCCCCC(=O)CCCOc1cc(C(=O)NCCOCCC(=O)CC(COCCC(=O)O)COCCC(=O)O)cc(C(=O)NCCOCCC(=O)NC(COCCC(=O)O)COCCC(=O)O)c1. The zero-order chi connectivity index (χ0) is 53.2. The molecule has 26 heteroatoms. The predicted octanol–water partition coefficient (Wildman–Crippen LogP) is 2.58. The molecule has 0 atom stereocenters. The van der Waals surface area contributed by atoms with Crippen molar-refractivity contribution in [2.75, 3.05) is 106 Å². The number of unbranched alkanes of at least 4 members (excludes halogenated alkanes) is 2. The number of rotatable bonds is 48. The van der Waals surface area contributed by atoms with E-state index in [1.165, 1.54) is 18.2 Å². The van der Waals surface area contributed by atoms with Gasteiger partial charge < -0.3 is 69.5 Å². The number of carbonyl (C=O) groups excluding carboxylic acids is 5. The van der Waals surface area contributed by atoms with E-state index in [1.54, 1.807) is 0 Å². The van der Waals surface area contributed by atoms with Crippen LogP contribution in [0.25, 0.3) is 10.4 Å². The molecule has 0 aliphatic carbocycles. The van der Waals surface area contributed by atoms with Crippen molar-refractivity contribution < 1.29 is 96.7 Å². The van der Waals surface area contributed by atoms with Gasteiger partial charge in [-0.2, -0.15) is 0 Å².